The fourth-order valence-corrected chi connectivity index (χ4v) is 6.29. The van der Waals surface area contributed by atoms with Gasteiger partial charge in [-0.3, -0.25) is 4.79 Å². The molecule has 1 atom stereocenters. The van der Waals surface area contributed by atoms with E-state index in [9.17, 15) is 13.2 Å². The summed E-state index contributed by atoms with van der Waals surface area (Å²) in [5, 5.41) is 4.41. The molecule has 0 radical (unpaired) electrons. The molecule has 1 aliphatic rings. The molecule has 3 aromatic rings. The molecule has 1 aliphatic heterocycles. The number of nitrogens with one attached hydrogen (secondary N) is 1. The summed E-state index contributed by atoms with van der Waals surface area (Å²) in [5.74, 6) is -0.315. The van der Waals surface area contributed by atoms with Gasteiger partial charge < -0.3 is 5.32 Å². The molecule has 1 amide bonds. The first kappa shape index (κ1) is 17.5. The number of fused-ring (bicyclic) bond motifs is 1. The van der Waals surface area contributed by atoms with Crippen molar-refractivity contribution in [2.75, 3.05) is 5.32 Å². The molecule has 0 aliphatic carbocycles. The number of halogens is 1. The molecule has 132 valence electrons. The van der Waals surface area contributed by atoms with Gasteiger partial charge in [-0.1, -0.05) is 46.3 Å². The summed E-state index contributed by atoms with van der Waals surface area (Å²) < 4.78 is 27.0. The maximum atomic E-state index is 13.0. The van der Waals surface area contributed by atoms with Gasteiger partial charge in [-0.25, -0.2) is 8.42 Å². The predicted molar refractivity (Wildman–Crippen MR) is 105 cm³/mol. The average molecular weight is 448 g/mol. The molecule has 0 unspecified atom stereocenters. The van der Waals surface area contributed by atoms with Crippen LogP contribution in [0.25, 0.3) is 0 Å². The van der Waals surface area contributed by atoms with Gasteiger partial charge in [0.15, 0.2) is 0 Å². The molecule has 0 spiro atoms. The van der Waals surface area contributed by atoms with Gasteiger partial charge in [-0.05, 0) is 29.8 Å². The van der Waals surface area contributed by atoms with Gasteiger partial charge in [0.2, 0.25) is 15.7 Å². The normalized spacial score (nSPS) is 16.8. The quantitative estimate of drug-likeness (QED) is 0.625. The maximum absolute atomic E-state index is 13.0. The van der Waals surface area contributed by atoms with Crippen LogP contribution in [0.1, 0.15) is 22.8 Å². The van der Waals surface area contributed by atoms with E-state index in [0.29, 0.717) is 12.1 Å². The van der Waals surface area contributed by atoms with Crippen LogP contribution in [-0.2, 0) is 14.6 Å². The lowest BCUT2D eigenvalue weighted by atomic mass is 9.91. The van der Waals surface area contributed by atoms with Gasteiger partial charge in [0.1, 0.15) is 4.90 Å². The van der Waals surface area contributed by atoms with Crippen LogP contribution in [-0.4, -0.2) is 14.3 Å². The molecule has 0 bridgehead atoms. The zero-order chi connectivity index (χ0) is 18.3. The minimum Gasteiger partial charge on any atom is -0.324 e. The lowest BCUT2D eigenvalue weighted by Crippen LogP contribution is -2.23. The molecule has 0 fully saturated rings. The first-order chi connectivity index (χ1) is 12.5. The van der Waals surface area contributed by atoms with Gasteiger partial charge in [0, 0.05) is 27.1 Å². The number of hydrogen-bond donors (Lipinski definition) is 1. The molecular formula is C19H14BrNO3S2. The zero-order valence-corrected chi connectivity index (χ0v) is 16.7. The second-order valence-corrected chi connectivity index (χ2v) is 9.76. The predicted octanol–water partition coefficient (Wildman–Crippen LogP) is 4.82. The lowest BCUT2D eigenvalue weighted by molar-refractivity contribution is -0.116. The van der Waals surface area contributed by atoms with Crippen molar-refractivity contribution in [1.82, 2.24) is 0 Å². The number of benzene rings is 2. The summed E-state index contributed by atoms with van der Waals surface area (Å²) in [6.45, 7) is 0. The third-order valence-corrected chi connectivity index (χ3v) is 7.94. The molecule has 2 aromatic carbocycles. The van der Waals surface area contributed by atoms with E-state index in [0.717, 1.165) is 14.9 Å². The molecule has 7 heteroatoms. The molecular weight excluding hydrogens is 434 g/mol. The molecule has 1 N–H and O–H groups in total. The van der Waals surface area contributed by atoms with Crippen LogP contribution in [0.4, 0.5) is 5.69 Å². The van der Waals surface area contributed by atoms with Crippen molar-refractivity contribution in [3.8, 4) is 0 Å². The van der Waals surface area contributed by atoms with Gasteiger partial charge in [-0.15, -0.1) is 11.3 Å². The van der Waals surface area contributed by atoms with Crippen molar-refractivity contribution < 1.29 is 13.2 Å². The van der Waals surface area contributed by atoms with E-state index in [1.54, 1.807) is 35.7 Å². The zero-order valence-electron chi connectivity index (χ0n) is 13.5. The number of anilines is 1. The van der Waals surface area contributed by atoms with Crippen LogP contribution in [0.15, 0.2) is 74.2 Å². The largest absolute Gasteiger partial charge is 0.324 e. The van der Waals surface area contributed by atoms with E-state index in [-0.39, 0.29) is 21.6 Å². The van der Waals surface area contributed by atoms with Gasteiger partial charge in [0.25, 0.3) is 0 Å². The highest BCUT2D eigenvalue weighted by atomic mass is 79.9. The number of carbonyl (C=O) groups is 1. The number of amides is 1. The summed E-state index contributed by atoms with van der Waals surface area (Å²) in [7, 11) is -3.68. The van der Waals surface area contributed by atoms with Crippen molar-refractivity contribution in [2.45, 2.75) is 22.1 Å². The van der Waals surface area contributed by atoms with E-state index < -0.39 is 9.84 Å². The second-order valence-electron chi connectivity index (χ2n) is 6.01. The van der Waals surface area contributed by atoms with Crippen molar-refractivity contribution in [1.29, 1.82) is 0 Å². The summed E-state index contributed by atoms with van der Waals surface area (Å²) >= 11 is 4.79. The lowest BCUT2D eigenvalue weighted by Gasteiger charge is -2.23. The Balaban J connectivity index is 1.83. The Bertz CT molecular complexity index is 1070. The third-order valence-electron chi connectivity index (χ3n) is 4.37. The van der Waals surface area contributed by atoms with Crippen LogP contribution >= 0.6 is 27.3 Å². The second kappa shape index (κ2) is 6.64. The number of carbonyl (C=O) groups excluding carboxylic acids is 1. The Labute approximate surface area is 163 Å². The summed E-state index contributed by atoms with van der Waals surface area (Å²) in [5.41, 5.74) is 1.41. The highest BCUT2D eigenvalue weighted by Crippen LogP contribution is 2.45. The van der Waals surface area contributed by atoms with Crippen molar-refractivity contribution >= 4 is 48.7 Å². The molecule has 4 rings (SSSR count). The Morgan fingerprint density at radius 3 is 2.42 bits per heavy atom. The van der Waals surface area contributed by atoms with Crippen molar-refractivity contribution in [3.05, 3.63) is 74.9 Å². The van der Waals surface area contributed by atoms with E-state index >= 15 is 0 Å². The molecule has 4 nitrogen and oxygen atoms in total. The van der Waals surface area contributed by atoms with E-state index in [2.05, 4.69) is 21.2 Å². The number of hydrogen-bond acceptors (Lipinski definition) is 4. The molecule has 0 saturated heterocycles. The molecule has 0 saturated carbocycles. The van der Waals surface area contributed by atoms with Gasteiger partial charge in [-0.2, -0.15) is 0 Å². The number of rotatable bonds is 3. The van der Waals surface area contributed by atoms with Crippen molar-refractivity contribution in [2.24, 2.45) is 0 Å². The summed E-state index contributed by atoms with van der Waals surface area (Å²) in [6, 6.07) is 16.1. The van der Waals surface area contributed by atoms with E-state index in [1.807, 2.05) is 24.3 Å². The maximum Gasteiger partial charge on any atom is 0.225 e. The fraction of sp³-hybridized carbons (Fsp3) is 0.105. The minimum atomic E-state index is -3.68. The van der Waals surface area contributed by atoms with Crippen LogP contribution in [0.5, 0.6) is 0 Å². The highest BCUT2D eigenvalue weighted by Gasteiger charge is 2.34. The van der Waals surface area contributed by atoms with Gasteiger partial charge >= 0.3 is 0 Å². The van der Waals surface area contributed by atoms with Crippen LogP contribution in [0.2, 0.25) is 0 Å². The van der Waals surface area contributed by atoms with E-state index in [1.165, 1.54) is 11.3 Å². The molecule has 26 heavy (non-hydrogen) atoms. The Kier molecular flexibility index (Phi) is 4.46. The minimum absolute atomic E-state index is 0.142. The van der Waals surface area contributed by atoms with Crippen LogP contribution in [0, 0.1) is 0 Å². The standard InChI is InChI=1S/C19H14BrNO3S2/c20-13-8-6-12(7-9-13)15-10-17(22)21-18-16(11-25-19(15)18)26(23,24)14-4-2-1-3-5-14/h1-9,11,15H,10H2,(H,21,22)/t15-/m0/s1. The van der Waals surface area contributed by atoms with Gasteiger partial charge in [0.05, 0.1) is 10.6 Å². The Morgan fingerprint density at radius 1 is 1.04 bits per heavy atom. The monoisotopic (exact) mass is 447 g/mol. The first-order valence-corrected chi connectivity index (χ1v) is 11.1. The van der Waals surface area contributed by atoms with Crippen LogP contribution < -0.4 is 5.32 Å². The number of sulfone groups is 1. The molecule has 1 aromatic heterocycles. The fourth-order valence-electron chi connectivity index (χ4n) is 3.09. The summed E-state index contributed by atoms with van der Waals surface area (Å²) in [6.07, 6.45) is 0.306. The third kappa shape index (κ3) is 3.00. The molecule has 2 heterocycles. The van der Waals surface area contributed by atoms with E-state index in [4.69, 9.17) is 0 Å². The Hall–Kier alpha value is -1.96. The van der Waals surface area contributed by atoms with Crippen molar-refractivity contribution in [3.63, 3.8) is 0 Å². The average Bonchev–Trinajstić information content (AvgIpc) is 3.07. The van der Waals surface area contributed by atoms with Crippen LogP contribution in [0.3, 0.4) is 0 Å². The first-order valence-electron chi connectivity index (χ1n) is 7.93. The smallest absolute Gasteiger partial charge is 0.225 e. The summed E-state index contributed by atoms with van der Waals surface area (Å²) in [4.78, 5) is 13.5. The topological polar surface area (TPSA) is 63.2 Å². The number of thiophene rings is 1. The highest BCUT2D eigenvalue weighted by molar-refractivity contribution is 9.10. The Morgan fingerprint density at radius 2 is 1.73 bits per heavy atom. The SMILES string of the molecule is O=C1C[C@@H](c2ccc(Br)cc2)c2scc(S(=O)(=O)c3ccccc3)c2N1.